The van der Waals surface area contributed by atoms with E-state index in [1.54, 1.807) is 0 Å². The molecule has 1 aromatic carbocycles. The number of hydrogen-bond acceptors (Lipinski definition) is 3. The number of alkyl halides is 3. The normalized spacial score (nSPS) is 15.4. The van der Waals surface area contributed by atoms with E-state index >= 15 is 0 Å². The number of rotatable bonds is 4. The van der Waals surface area contributed by atoms with Gasteiger partial charge in [-0.15, -0.1) is 0 Å². The summed E-state index contributed by atoms with van der Waals surface area (Å²) in [7, 11) is 19.7. The third-order valence-corrected chi connectivity index (χ3v) is 3.16. The first-order valence-corrected chi connectivity index (χ1v) is 5.85. The van der Waals surface area contributed by atoms with Crippen LogP contribution >= 0.6 is 0 Å². The lowest BCUT2D eigenvalue weighted by molar-refractivity contribution is -0.138. The van der Waals surface area contributed by atoms with E-state index in [4.69, 9.17) is 38.7 Å². The van der Waals surface area contributed by atoms with Crippen LogP contribution < -0.4 is 15.2 Å². The van der Waals surface area contributed by atoms with Crippen LogP contribution in [0.15, 0.2) is 12.1 Å². The predicted molar refractivity (Wildman–Crippen MR) is 76.1 cm³/mol. The van der Waals surface area contributed by atoms with E-state index in [1.807, 2.05) is 0 Å². The Kier molecular flexibility index (Phi) is 4.68. The van der Waals surface area contributed by atoms with Gasteiger partial charge in [0.25, 0.3) is 0 Å². The molecule has 0 aliphatic rings. The van der Waals surface area contributed by atoms with Gasteiger partial charge in [-0.1, -0.05) is 12.1 Å². The van der Waals surface area contributed by atoms with Crippen LogP contribution in [0.1, 0.15) is 18.1 Å². The van der Waals surface area contributed by atoms with Gasteiger partial charge in [-0.3, -0.25) is 0 Å². The van der Waals surface area contributed by atoms with Gasteiger partial charge >= 0.3 is 6.18 Å². The molecule has 6 radical (unpaired) electrons. The van der Waals surface area contributed by atoms with Crippen molar-refractivity contribution in [2.75, 3.05) is 14.2 Å². The largest absolute Gasteiger partial charge is 0.496 e. The van der Waals surface area contributed by atoms with Crippen molar-refractivity contribution in [1.82, 2.24) is 0 Å². The van der Waals surface area contributed by atoms with Crippen molar-refractivity contribution in [3.8, 4) is 11.5 Å². The lowest BCUT2D eigenvalue weighted by Crippen LogP contribution is -2.58. The summed E-state index contributed by atoms with van der Waals surface area (Å²) in [6, 6.07) is 1.77. The first-order valence-electron chi connectivity index (χ1n) is 5.85. The molecule has 3 nitrogen and oxygen atoms in total. The summed E-state index contributed by atoms with van der Waals surface area (Å²) in [6.07, 6.45) is -4.63. The summed E-state index contributed by atoms with van der Waals surface area (Å²) in [5.74, 6) is -0.641. The molecular weight excluding hydrogens is 280 g/mol. The topological polar surface area (TPSA) is 44.5 Å². The molecule has 0 aliphatic carbocycles. The Hall–Kier alpha value is -1.24. The van der Waals surface area contributed by atoms with Gasteiger partial charge in [-0.25, -0.2) is 0 Å². The first-order chi connectivity index (χ1) is 9.36. The van der Waals surface area contributed by atoms with E-state index in [2.05, 4.69) is 0 Å². The van der Waals surface area contributed by atoms with E-state index in [9.17, 15) is 13.2 Å². The van der Waals surface area contributed by atoms with Crippen LogP contribution in [0.5, 0.6) is 11.5 Å². The second-order valence-electron chi connectivity index (χ2n) is 4.90. The third-order valence-electron chi connectivity index (χ3n) is 3.16. The standard InChI is InChI=1S/C12H13B3F3NO2/c1-10(13,19)11(14,15)6-4-9(21-3)7(12(16,17)18)5-8(6)20-2/h4-5H,19H2,1-3H3. The Balaban J connectivity index is 3.63. The van der Waals surface area contributed by atoms with Crippen LogP contribution in [0.4, 0.5) is 13.2 Å². The van der Waals surface area contributed by atoms with Gasteiger partial charge in [0.15, 0.2) is 0 Å². The number of methoxy groups -OCH3 is 2. The zero-order valence-corrected chi connectivity index (χ0v) is 11.9. The van der Waals surface area contributed by atoms with E-state index in [-0.39, 0.29) is 11.3 Å². The molecule has 0 bridgehead atoms. The van der Waals surface area contributed by atoms with Crippen molar-refractivity contribution in [2.24, 2.45) is 5.73 Å². The van der Waals surface area contributed by atoms with Crippen molar-refractivity contribution in [2.45, 2.75) is 23.8 Å². The Morgan fingerprint density at radius 3 is 1.67 bits per heavy atom. The van der Waals surface area contributed by atoms with Crippen molar-refractivity contribution >= 4 is 23.5 Å². The fourth-order valence-corrected chi connectivity index (χ4v) is 1.73. The van der Waals surface area contributed by atoms with Gasteiger partial charge in [0.1, 0.15) is 17.1 Å². The summed E-state index contributed by atoms with van der Waals surface area (Å²) in [4.78, 5) is 0. The minimum atomic E-state index is -4.63. The highest BCUT2D eigenvalue weighted by atomic mass is 19.4. The number of halogens is 3. The third kappa shape index (κ3) is 3.34. The number of nitrogens with two attached hydrogens (primary N) is 1. The molecule has 1 unspecified atom stereocenters. The van der Waals surface area contributed by atoms with E-state index in [0.29, 0.717) is 0 Å². The summed E-state index contributed by atoms with van der Waals surface area (Å²) in [6.45, 7) is 1.34. The maximum Gasteiger partial charge on any atom is 0.420 e. The summed E-state index contributed by atoms with van der Waals surface area (Å²) in [5, 5.41) is -1.84. The molecular formula is C12H13B3F3NO2. The number of hydrogen-bond donors (Lipinski definition) is 1. The monoisotopic (exact) mass is 293 g/mol. The average molecular weight is 293 g/mol. The minimum Gasteiger partial charge on any atom is -0.496 e. The fraction of sp³-hybridized carbons (Fsp3) is 0.500. The molecule has 108 valence electrons. The van der Waals surface area contributed by atoms with Crippen LogP contribution in [-0.2, 0) is 11.4 Å². The highest BCUT2D eigenvalue weighted by Crippen LogP contribution is 2.43. The van der Waals surface area contributed by atoms with E-state index in [0.717, 1.165) is 19.2 Å². The molecule has 9 heteroatoms. The Bertz CT molecular complexity index is 528. The van der Waals surface area contributed by atoms with Gasteiger partial charge in [-0.05, 0) is 23.1 Å². The lowest BCUT2D eigenvalue weighted by Gasteiger charge is -2.42. The van der Waals surface area contributed by atoms with E-state index < -0.39 is 28.1 Å². The van der Waals surface area contributed by atoms with Crippen molar-refractivity contribution in [1.29, 1.82) is 0 Å². The highest BCUT2D eigenvalue weighted by Gasteiger charge is 2.40. The van der Waals surface area contributed by atoms with E-state index in [1.165, 1.54) is 14.0 Å². The Morgan fingerprint density at radius 1 is 0.952 bits per heavy atom. The molecule has 0 heterocycles. The molecule has 0 aliphatic heterocycles. The van der Waals surface area contributed by atoms with Crippen molar-refractivity contribution < 1.29 is 22.6 Å². The molecule has 21 heavy (non-hydrogen) atoms. The fourth-order valence-electron chi connectivity index (χ4n) is 1.73. The van der Waals surface area contributed by atoms with Gasteiger partial charge in [0.2, 0.25) is 0 Å². The molecule has 0 fully saturated rings. The molecule has 1 atom stereocenters. The second kappa shape index (κ2) is 5.52. The van der Waals surface area contributed by atoms with Crippen molar-refractivity contribution in [3.63, 3.8) is 0 Å². The van der Waals surface area contributed by atoms with Gasteiger partial charge in [-0.2, -0.15) is 13.2 Å². The summed E-state index contributed by atoms with van der Waals surface area (Å²) in [5.41, 5.74) is 3.07. The zero-order chi connectivity index (χ0) is 16.6. The molecule has 0 amide bonds. The Labute approximate surface area is 125 Å². The Morgan fingerprint density at radius 2 is 1.33 bits per heavy atom. The SMILES string of the molecule is [B]C(C)(N)C([B])([B])c1cc(OC)c(C(F)(F)F)cc1OC. The highest BCUT2D eigenvalue weighted by molar-refractivity contribution is 6.45. The number of ether oxygens (including phenoxy) is 2. The second-order valence-corrected chi connectivity index (χ2v) is 4.90. The van der Waals surface area contributed by atoms with Crippen LogP contribution in [0.3, 0.4) is 0 Å². The minimum absolute atomic E-state index is 0.00218. The summed E-state index contributed by atoms with van der Waals surface area (Å²) >= 11 is 0. The molecule has 1 rings (SSSR count). The van der Waals surface area contributed by atoms with Crippen LogP contribution in [0.25, 0.3) is 0 Å². The van der Waals surface area contributed by atoms with Gasteiger partial charge in [0.05, 0.1) is 37.8 Å². The first kappa shape index (κ1) is 17.8. The smallest absolute Gasteiger partial charge is 0.420 e. The lowest BCUT2D eigenvalue weighted by atomic mass is 9.38. The molecule has 2 N–H and O–H groups in total. The summed E-state index contributed by atoms with van der Waals surface area (Å²) < 4.78 is 48.6. The zero-order valence-electron chi connectivity index (χ0n) is 11.9. The molecule has 0 saturated heterocycles. The maximum absolute atomic E-state index is 13.0. The van der Waals surface area contributed by atoms with Gasteiger partial charge in [0, 0.05) is 0 Å². The molecule has 0 saturated carbocycles. The average Bonchev–Trinajstić information content (AvgIpc) is 2.34. The quantitative estimate of drug-likeness (QED) is 0.844. The van der Waals surface area contributed by atoms with Crippen LogP contribution in [-0.4, -0.2) is 43.2 Å². The van der Waals surface area contributed by atoms with Crippen molar-refractivity contribution in [3.05, 3.63) is 23.3 Å². The molecule has 1 aromatic rings. The predicted octanol–water partition coefficient (Wildman–Crippen LogP) is 1.06. The van der Waals surface area contributed by atoms with Gasteiger partial charge < -0.3 is 15.2 Å². The molecule has 0 aromatic heterocycles. The van der Waals surface area contributed by atoms with Crippen LogP contribution in [0, 0.1) is 0 Å². The van der Waals surface area contributed by atoms with Crippen LogP contribution in [0.2, 0.25) is 0 Å². The maximum atomic E-state index is 13.0. The molecule has 0 spiro atoms. The number of benzene rings is 1.